The van der Waals surface area contributed by atoms with Crippen LogP contribution in [0.15, 0.2) is 34.7 Å². The zero-order chi connectivity index (χ0) is 12.5. The van der Waals surface area contributed by atoms with Crippen LogP contribution in [-0.2, 0) is 9.84 Å². The van der Waals surface area contributed by atoms with Crippen LogP contribution in [0.25, 0.3) is 11.3 Å². The maximum atomic E-state index is 11.6. The molecule has 0 aliphatic rings. The van der Waals surface area contributed by atoms with E-state index in [2.05, 4.69) is 4.98 Å². The number of hydrogen-bond acceptors (Lipinski definition) is 5. The Morgan fingerprint density at radius 1 is 1.29 bits per heavy atom. The van der Waals surface area contributed by atoms with E-state index in [0.29, 0.717) is 15.6 Å². The van der Waals surface area contributed by atoms with Crippen molar-refractivity contribution < 1.29 is 8.42 Å². The molecule has 90 valence electrons. The minimum atomic E-state index is -3.14. The zero-order valence-corrected chi connectivity index (χ0v) is 10.9. The summed E-state index contributed by atoms with van der Waals surface area (Å²) in [6.07, 6.45) is 0. The highest BCUT2D eigenvalue weighted by molar-refractivity contribution is 7.91. The van der Waals surface area contributed by atoms with E-state index in [1.54, 1.807) is 36.7 Å². The molecule has 1 heterocycles. The molecule has 6 heteroatoms. The fourth-order valence-corrected chi connectivity index (χ4v) is 2.90. The summed E-state index contributed by atoms with van der Waals surface area (Å²) in [5.74, 6) is 0.102. The number of rotatable bonds is 3. The molecule has 2 rings (SSSR count). The number of nitrogens with two attached hydrogens (primary N) is 1. The van der Waals surface area contributed by atoms with Crippen molar-refractivity contribution in [2.24, 2.45) is 0 Å². The summed E-state index contributed by atoms with van der Waals surface area (Å²) >= 11 is 1.36. The van der Waals surface area contributed by atoms with E-state index in [1.165, 1.54) is 11.3 Å². The lowest BCUT2D eigenvalue weighted by molar-refractivity contribution is 0.597. The first-order valence-corrected chi connectivity index (χ1v) is 7.60. The summed E-state index contributed by atoms with van der Waals surface area (Å²) in [6.45, 7) is 1.63. The minimum absolute atomic E-state index is 0.102. The molecule has 0 aliphatic heterocycles. The molecule has 0 bridgehead atoms. The highest BCUT2D eigenvalue weighted by atomic mass is 32.2. The van der Waals surface area contributed by atoms with Crippen LogP contribution in [0, 0.1) is 0 Å². The Bertz CT molecular complexity index is 615. The fraction of sp³-hybridized carbons (Fsp3) is 0.182. The van der Waals surface area contributed by atoms with E-state index in [-0.39, 0.29) is 5.75 Å². The van der Waals surface area contributed by atoms with Crippen molar-refractivity contribution >= 4 is 26.2 Å². The second kappa shape index (κ2) is 4.46. The van der Waals surface area contributed by atoms with Gasteiger partial charge in [0.2, 0.25) is 0 Å². The Hall–Kier alpha value is -1.40. The third kappa shape index (κ3) is 2.32. The van der Waals surface area contributed by atoms with Crippen LogP contribution < -0.4 is 5.73 Å². The van der Waals surface area contributed by atoms with Crippen molar-refractivity contribution in [3.8, 4) is 11.3 Å². The van der Waals surface area contributed by atoms with Crippen molar-refractivity contribution in [1.29, 1.82) is 0 Å². The third-order valence-corrected chi connectivity index (χ3v) is 4.87. The summed E-state index contributed by atoms with van der Waals surface area (Å²) < 4.78 is 23.3. The van der Waals surface area contributed by atoms with Gasteiger partial charge in [0.1, 0.15) is 10.7 Å². The van der Waals surface area contributed by atoms with Crippen molar-refractivity contribution in [3.05, 3.63) is 29.8 Å². The molecule has 0 saturated heterocycles. The largest absolute Gasteiger partial charge is 0.389 e. The van der Waals surface area contributed by atoms with Gasteiger partial charge in [-0.25, -0.2) is 13.4 Å². The van der Waals surface area contributed by atoms with Gasteiger partial charge in [-0.05, 0) is 12.1 Å². The van der Waals surface area contributed by atoms with Gasteiger partial charge in [0, 0.05) is 5.56 Å². The van der Waals surface area contributed by atoms with Crippen LogP contribution in [0.3, 0.4) is 0 Å². The fourth-order valence-electron chi connectivity index (χ4n) is 1.46. The third-order valence-electron chi connectivity index (χ3n) is 2.46. The smallest absolute Gasteiger partial charge is 0.178 e. The normalized spacial score (nSPS) is 11.6. The van der Waals surface area contributed by atoms with Gasteiger partial charge in [0.25, 0.3) is 0 Å². The predicted molar refractivity (Wildman–Crippen MR) is 69.7 cm³/mol. The first-order chi connectivity index (χ1) is 8.04. The lowest BCUT2D eigenvalue weighted by Gasteiger charge is -2.03. The van der Waals surface area contributed by atoms with Crippen LogP contribution in [0.5, 0.6) is 0 Å². The van der Waals surface area contributed by atoms with Gasteiger partial charge in [0.05, 0.1) is 16.2 Å². The molecule has 0 unspecified atom stereocenters. The molecule has 0 amide bonds. The van der Waals surface area contributed by atoms with Gasteiger partial charge < -0.3 is 5.73 Å². The molecule has 2 N–H and O–H groups in total. The molecule has 0 aliphatic carbocycles. The summed E-state index contributed by atoms with van der Waals surface area (Å²) in [5, 5.41) is 0.635. The standard InChI is InChI=1S/C11H12N2O2S2/c1-2-17(14,15)9-5-3-8(4-6-9)10-11(12)16-7-13-10/h3-7H,2,12H2,1H3. The van der Waals surface area contributed by atoms with E-state index in [4.69, 9.17) is 5.73 Å². The van der Waals surface area contributed by atoms with Gasteiger partial charge in [0.15, 0.2) is 9.84 Å². The average Bonchev–Trinajstić information content (AvgIpc) is 2.76. The quantitative estimate of drug-likeness (QED) is 0.926. The summed E-state index contributed by atoms with van der Waals surface area (Å²) in [5.41, 5.74) is 8.96. The Morgan fingerprint density at radius 2 is 1.94 bits per heavy atom. The highest BCUT2D eigenvalue weighted by Crippen LogP contribution is 2.28. The SMILES string of the molecule is CCS(=O)(=O)c1ccc(-c2ncsc2N)cc1. The monoisotopic (exact) mass is 268 g/mol. The van der Waals surface area contributed by atoms with Gasteiger partial charge in [-0.15, -0.1) is 11.3 Å². The van der Waals surface area contributed by atoms with Gasteiger partial charge in [-0.1, -0.05) is 19.1 Å². The molecule has 1 aromatic carbocycles. The van der Waals surface area contributed by atoms with Gasteiger partial charge >= 0.3 is 0 Å². The molecule has 0 atom stereocenters. The van der Waals surface area contributed by atoms with E-state index < -0.39 is 9.84 Å². The van der Waals surface area contributed by atoms with Crippen molar-refractivity contribution in [2.45, 2.75) is 11.8 Å². The van der Waals surface area contributed by atoms with E-state index in [9.17, 15) is 8.42 Å². The number of nitrogens with zero attached hydrogens (tertiary/aromatic N) is 1. The maximum Gasteiger partial charge on any atom is 0.178 e. The first-order valence-electron chi connectivity index (χ1n) is 5.06. The van der Waals surface area contributed by atoms with Crippen LogP contribution >= 0.6 is 11.3 Å². The number of thiazole rings is 1. The molecule has 1 aromatic heterocycles. The number of benzene rings is 1. The van der Waals surface area contributed by atoms with Crippen LogP contribution in [0.4, 0.5) is 5.00 Å². The molecule has 0 spiro atoms. The van der Waals surface area contributed by atoms with E-state index in [0.717, 1.165) is 5.56 Å². The Kier molecular flexibility index (Phi) is 3.17. The van der Waals surface area contributed by atoms with Crippen molar-refractivity contribution in [1.82, 2.24) is 4.98 Å². The molecular formula is C11H12N2O2S2. The second-order valence-corrected chi connectivity index (χ2v) is 6.66. The maximum absolute atomic E-state index is 11.6. The van der Waals surface area contributed by atoms with Crippen LogP contribution in [0.1, 0.15) is 6.92 Å². The average molecular weight is 268 g/mol. The molecule has 0 saturated carbocycles. The lowest BCUT2D eigenvalue weighted by Crippen LogP contribution is -2.03. The molecule has 17 heavy (non-hydrogen) atoms. The number of aromatic nitrogens is 1. The molecular weight excluding hydrogens is 256 g/mol. The molecule has 4 nitrogen and oxygen atoms in total. The molecule has 0 fully saturated rings. The van der Waals surface area contributed by atoms with Crippen molar-refractivity contribution in [3.63, 3.8) is 0 Å². The minimum Gasteiger partial charge on any atom is -0.389 e. The Morgan fingerprint density at radius 3 is 2.41 bits per heavy atom. The lowest BCUT2D eigenvalue weighted by atomic mass is 10.2. The van der Waals surface area contributed by atoms with E-state index in [1.807, 2.05) is 0 Å². The number of anilines is 1. The number of hydrogen-bond donors (Lipinski definition) is 1. The summed E-state index contributed by atoms with van der Waals surface area (Å²) in [7, 11) is -3.14. The van der Waals surface area contributed by atoms with Gasteiger partial charge in [-0.2, -0.15) is 0 Å². The molecule has 2 aromatic rings. The Labute approximate surface area is 104 Å². The summed E-state index contributed by atoms with van der Waals surface area (Å²) in [4.78, 5) is 4.47. The van der Waals surface area contributed by atoms with Crippen LogP contribution in [-0.4, -0.2) is 19.2 Å². The first kappa shape index (κ1) is 12.1. The topological polar surface area (TPSA) is 73.0 Å². The number of nitrogen functional groups attached to an aromatic ring is 1. The van der Waals surface area contributed by atoms with Gasteiger partial charge in [-0.3, -0.25) is 0 Å². The Balaban J connectivity index is 2.41. The van der Waals surface area contributed by atoms with Crippen molar-refractivity contribution in [2.75, 3.05) is 11.5 Å². The molecule has 0 radical (unpaired) electrons. The predicted octanol–water partition coefficient (Wildman–Crippen LogP) is 2.19. The second-order valence-electron chi connectivity index (χ2n) is 3.49. The highest BCUT2D eigenvalue weighted by Gasteiger charge is 2.12. The summed E-state index contributed by atoms with van der Waals surface area (Å²) in [6, 6.07) is 6.64. The zero-order valence-electron chi connectivity index (χ0n) is 9.25. The van der Waals surface area contributed by atoms with E-state index >= 15 is 0 Å². The number of sulfone groups is 1. The van der Waals surface area contributed by atoms with Crippen LogP contribution in [0.2, 0.25) is 0 Å².